The van der Waals surface area contributed by atoms with Crippen LogP contribution in [0.5, 0.6) is 5.75 Å². The van der Waals surface area contributed by atoms with Crippen LogP contribution in [0.2, 0.25) is 0 Å². The maximum Gasteiger partial charge on any atom is 0.295 e. The van der Waals surface area contributed by atoms with Gasteiger partial charge in [-0.3, -0.25) is 9.59 Å². The number of fused-ring (bicyclic) bond motifs is 1. The number of aromatic amines is 1. The molecule has 1 saturated heterocycles. The number of likely N-dealkylation sites (tertiary alicyclic amines) is 1. The SMILES string of the molecule is O=C1C(=O)N(CCc2c[nH]c3ccccc23)[C@H](c2cccc(O)c2)C1=C(O)c1ccc(F)cc1. The highest BCUT2D eigenvalue weighted by atomic mass is 19.1. The third kappa shape index (κ3) is 3.71. The van der Waals surface area contributed by atoms with E-state index in [-0.39, 0.29) is 29.2 Å². The van der Waals surface area contributed by atoms with Crippen LogP contribution < -0.4 is 0 Å². The first-order chi connectivity index (χ1) is 16.4. The lowest BCUT2D eigenvalue weighted by Crippen LogP contribution is -2.31. The van der Waals surface area contributed by atoms with Crippen molar-refractivity contribution in [1.29, 1.82) is 0 Å². The molecule has 3 N–H and O–H groups in total. The Morgan fingerprint density at radius 2 is 1.76 bits per heavy atom. The van der Waals surface area contributed by atoms with Gasteiger partial charge in [-0.1, -0.05) is 30.3 Å². The number of aromatic hydroxyl groups is 1. The highest BCUT2D eigenvalue weighted by Gasteiger charge is 2.46. The van der Waals surface area contributed by atoms with E-state index in [4.69, 9.17) is 0 Å². The van der Waals surface area contributed by atoms with E-state index in [1.54, 1.807) is 12.1 Å². The molecular formula is C27H21FN2O4. The van der Waals surface area contributed by atoms with Gasteiger partial charge in [-0.05, 0) is 60.0 Å². The first kappa shape index (κ1) is 21.5. The smallest absolute Gasteiger partial charge is 0.295 e. The highest BCUT2D eigenvalue weighted by Crippen LogP contribution is 2.40. The summed E-state index contributed by atoms with van der Waals surface area (Å²) < 4.78 is 13.4. The summed E-state index contributed by atoms with van der Waals surface area (Å²) in [6, 6.07) is 18.2. The highest BCUT2D eigenvalue weighted by molar-refractivity contribution is 6.46. The number of ketones is 1. The molecule has 1 aromatic heterocycles. The number of halogens is 1. The minimum atomic E-state index is -0.901. The molecule has 4 aromatic rings. The van der Waals surface area contributed by atoms with Gasteiger partial charge in [0, 0.05) is 29.2 Å². The average molecular weight is 456 g/mol. The fourth-order valence-electron chi connectivity index (χ4n) is 4.49. The number of carbonyl (C=O) groups excluding carboxylic acids is 2. The van der Waals surface area contributed by atoms with E-state index >= 15 is 0 Å². The molecule has 1 fully saturated rings. The molecule has 1 amide bonds. The summed E-state index contributed by atoms with van der Waals surface area (Å²) in [4.78, 5) is 30.8. The van der Waals surface area contributed by atoms with Gasteiger partial charge >= 0.3 is 0 Å². The lowest BCUT2D eigenvalue weighted by Gasteiger charge is -2.25. The van der Waals surface area contributed by atoms with Crippen LogP contribution in [-0.2, 0) is 16.0 Å². The maximum absolute atomic E-state index is 13.4. The van der Waals surface area contributed by atoms with Crippen molar-refractivity contribution in [3.63, 3.8) is 0 Å². The summed E-state index contributed by atoms with van der Waals surface area (Å²) in [6.07, 6.45) is 2.35. The number of H-pyrrole nitrogens is 1. The Labute approximate surface area is 194 Å². The molecule has 6 nitrogen and oxygen atoms in total. The number of aliphatic hydroxyl groups excluding tert-OH is 1. The predicted octanol–water partition coefficient (Wildman–Crippen LogP) is 4.68. The number of carbonyl (C=O) groups is 2. The molecule has 7 heteroatoms. The number of Topliss-reactive ketones (excluding diaryl/α,β-unsaturated/α-hetero) is 1. The number of amides is 1. The Bertz CT molecular complexity index is 1440. The van der Waals surface area contributed by atoms with Crippen molar-refractivity contribution < 1.29 is 24.2 Å². The first-order valence-electron chi connectivity index (χ1n) is 10.8. The topological polar surface area (TPSA) is 93.6 Å². The lowest BCUT2D eigenvalue weighted by atomic mass is 9.95. The van der Waals surface area contributed by atoms with E-state index in [1.165, 1.54) is 41.3 Å². The number of rotatable bonds is 5. The van der Waals surface area contributed by atoms with Gasteiger partial charge in [0.05, 0.1) is 11.6 Å². The number of hydrogen-bond acceptors (Lipinski definition) is 4. The van der Waals surface area contributed by atoms with Gasteiger partial charge < -0.3 is 20.1 Å². The Hall–Kier alpha value is -4.39. The van der Waals surface area contributed by atoms with Crippen LogP contribution >= 0.6 is 0 Å². The lowest BCUT2D eigenvalue weighted by molar-refractivity contribution is -0.139. The second-order valence-electron chi connectivity index (χ2n) is 8.20. The van der Waals surface area contributed by atoms with Crippen LogP contribution in [0.1, 0.15) is 22.7 Å². The second-order valence-corrected chi connectivity index (χ2v) is 8.20. The van der Waals surface area contributed by atoms with Gasteiger partial charge in [-0.15, -0.1) is 0 Å². The molecule has 0 saturated carbocycles. The number of hydrogen-bond donors (Lipinski definition) is 3. The second kappa shape index (κ2) is 8.51. The molecule has 3 aromatic carbocycles. The number of phenols is 1. The molecule has 2 heterocycles. The molecule has 1 atom stereocenters. The molecular weight excluding hydrogens is 435 g/mol. The molecule has 0 spiro atoms. The van der Waals surface area contributed by atoms with E-state index in [2.05, 4.69) is 4.98 Å². The van der Waals surface area contributed by atoms with Crippen molar-refractivity contribution in [3.05, 3.63) is 107 Å². The first-order valence-corrected chi connectivity index (χ1v) is 10.8. The quantitative estimate of drug-likeness (QED) is 0.231. The van der Waals surface area contributed by atoms with Gasteiger partial charge in [0.15, 0.2) is 0 Å². The zero-order valence-corrected chi connectivity index (χ0v) is 18.0. The minimum Gasteiger partial charge on any atom is -0.508 e. The van der Waals surface area contributed by atoms with Gasteiger partial charge in [0.1, 0.15) is 17.3 Å². The summed E-state index contributed by atoms with van der Waals surface area (Å²) in [5.41, 5.74) is 2.58. The standard InChI is InChI=1S/C27H21FN2O4/c28-19-10-8-16(9-11-19)25(32)23-24(17-4-3-5-20(31)14-17)30(27(34)26(23)33)13-12-18-15-29-22-7-2-1-6-21(18)22/h1-11,14-15,24,29,31-32H,12-13H2/t24-/m1/s1. The predicted molar refractivity (Wildman–Crippen MR) is 126 cm³/mol. The number of benzene rings is 3. The number of nitrogens with one attached hydrogen (secondary N) is 1. The Balaban J connectivity index is 1.57. The van der Waals surface area contributed by atoms with E-state index < -0.39 is 23.5 Å². The fourth-order valence-corrected chi connectivity index (χ4v) is 4.49. The zero-order valence-electron chi connectivity index (χ0n) is 18.0. The fraction of sp³-hybridized carbons (Fsp3) is 0.111. The average Bonchev–Trinajstić information content (AvgIpc) is 3.36. The van der Waals surface area contributed by atoms with Crippen LogP contribution in [0.25, 0.3) is 16.7 Å². The van der Waals surface area contributed by atoms with E-state index in [1.807, 2.05) is 30.5 Å². The van der Waals surface area contributed by atoms with Crippen molar-refractivity contribution in [2.45, 2.75) is 12.5 Å². The van der Waals surface area contributed by atoms with E-state index in [0.29, 0.717) is 12.0 Å². The maximum atomic E-state index is 13.4. The molecule has 0 radical (unpaired) electrons. The molecule has 0 aliphatic carbocycles. The number of aromatic nitrogens is 1. The van der Waals surface area contributed by atoms with Gasteiger partial charge in [0.2, 0.25) is 0 Å². The van der Waals surface area contributed by atoms with Crippen molar-refractivity contribution in [3.8, 4) is 5.75 Å². The Morgan fingerprint density at radius 1 is 1.00 bits per heavy atom. The van der Waals surface area contributed by atoms with Crippen LogP contribution in [0.4, 0.5) is 4.39 Å². The summed E-state index contributed by atoms with van der Waals surface area (Å²) in [5, 5.41) is 22.1. The van der Waals surface area contributed by atoms with Crippen LogP contribution in [0.15, 0.2) is 84.6 Å². The monoisotopic (exact) mass is 456 g/mol. The Morgan fingerprint density at radius 3 is 2.53 bits per heavy atom. The van der Waals surface area contributed by atoms with Crippen LogP contribution in [0, 0.1) is 5.82 Å². The zero-order chi connectivity index (χ0) is 23.8. The van der Waals surface area contributed by atoms with Gasteiger partial charge in [0.25, 0.3) is 11.7 Å². The Kier molecular flexibility index (Phi) is 5.37. The van der Waals surface area contributed by atoms with Crippen molar-refractivity contribution >= 4 is 28.4 Å². The van der Waals surface area contributed by atoms with E-state index in [0.717, 1.165) is 16.5 Å². The summed E-state index contributed by atoms with van der Waals surface area (Å²) >= 11 is 0. The summed E-state index contributed by atoms with van der Waals surface area (Å²) in [7, 11) is 0. The largest absolute Gasteiger partial charge is 0.508 e. The van der Waals surface area contributed by atoms with E-state index in [9.17, 15) is 24.2 Å². The molecule has 1 aliphatic rings. The third-order valence-electron chi connectivity index (χ3n) is 6.14. The summed E-state index contributed by atoms with van der Waals surface area (Å²) in [6.45, 7) is 0.215. The van der Waals surface area contributed by atoms with Crippen molar-refractivity contribution in [2.75, 3.05) is 6.54 Å². The minimum absolute atomic E-state index is 0.0264. The number of para-hydroxylation sites is 1. The molecule has 5 rings (SSSR count). The number of phenolic OH excluding ortho intramolecular Hbond substituents is 1. The number of aliphatic hydroxyl groups is 1. The third-order valence-corrected chi connectivity index (χ3v) is 6.14. The number of nitrogens with zero attached hydrogens (tertiary/aromatic N) is 1. The van der Waals surface area contributed by atoms with Crippen LogP contribution in [-0.4, -0.2) is 38.3 Å². The molecule has 170 valence electrons. The van der Waals surface area contributed by atoms with Gasteiger partial charge in [-0.25, -0.2) is 4.39 Å². The molecule has 0 unspecified atom stereocenters. The molecule has 1 aliphatic heterocycles. The molecule has 34 heavy (non-hydrogen) atoms. The van der Waals surface area contributed by atoms with Crippen molar-refractivity contribution in [2.24, 2.45) is 0 Å². The summed E-state index contributed by atoms with van der Waals surface area (Å²) in [5.74, 6) is -2.46. The van der Waals surface area contributed by atoms with Gasteiger partial charge in [-0.2, -0.15) is 0 Å². The van der Waals surface area contributed by atoms with Crippen molar-refractivity contribution in [1.82, 2.24) is 9.88 Å². The molecule has 0 bridgehead atoms. The normalized spacial score (nSPS) is 17.6. The van der Waals surface area contributed by atoms with Crippen LogP contribution in [0.3, 0.4) is 0 Å².